The molecule has 1 rings (SSSR count). The van der Waals surface area contributed by atoms with Crippen molar-refractivity contribution in [3.05, 3.63) is 23.3 Å². The number of esters is 2. The first-order valence-corrected chi connectivity index (χ1v) is 10.3. The van der Waals surface area contributed by atoms with E-state index in [9.17, 15) is 9.59 Å². The molecule has 7 heteroatoms. The topological polar surface area (TPSA) is 77.5 Å². The van der Waals surface area contributed by atoms with Crippen molar-refractivity contribution in [2.45, 2.75) is 65.2 Å². The van der Waals surface area contributed by atoms with Crippen molar-refractivity contribution in [2.24, 2.45) is 0 Å². The number of thiazole rings is 1. The first-order chi connectivity index (χ1) is 12.7. The molecule has 0 radical (unpaired) electrons. The highest BCUT2D eigenvalue weighted by atomic mass is 32.1. The van der Waals surface area contributed by atoms with Crippen LogP contribution in [0.25, 0.3) is 0 Å². The van der Waals surface area contributed by atoms with Gasteiger partial charge in [-0.3, -0.25) is 0 Å². The highest BCUT2D eigenvalue weighted by molar-refractivity contribution is 7.13. The summed E-state index contributed by atoms with van der Waals surface area (Å²) in [4.78, 5) is 28.6. The Bertz CT molecular complexity index is 516. The Morgan fingerprint density at radius 1 is 1.00 bits per heavy atom. The lowest BCUT2D eigenvalue weighted by atomic mass is 10.2. The fourth-order valence-electron chi connectivity index (χ4n) is 2.17. The Hall–Kier alpha value is -1.89. The minimum atomic E-state index is -0.663. The maximum atomic E-state index is 12.3. The molecule has 0 aliphatic carbocycles. The second-order valence-electron chi connectivity index (χ2n) is 5.93. The molecule has 1 heterocycles. The monoisotopic (exact) mass is 382 g/mol. The molecule has 0 aliphatic heterocycles. The van der Waals surface area contributed by atoms with E-state index in [1.165, 1.54) is 17.5 Å². The number of hydrogen-bond donors (Lipinski definition) is 1. The summed E-state index contributed by atoms with van der Waals surface area (Å²) < 4.78 is 10.4. The van der Waals surface area contributed by atoms with E-state index in [4.69, 9.17) is 9.47 Å². The Morgan fingerprint density at radius 2 is 1.58 bits per heavy atom. The van der Waals surface area contributed by atoms with Gasteiger partial charge in [0.25, 0.3) is 0 Å². The Balaban J connectivity index is 2.55. The molecule has 0 spiro atoms. The van der Waals surface area contributed by atoms with Crippen LogP contribution in [0.3, 0.4) is 0 Å². The molecule has 0 amide bonds. The lowest BCUT2D eigenvalue weighted by Crippen LogP contribution is -2.20. The van der Waals surface area contributed by atoms with Gasteiger partial charge in [-0.25, -0.2) is 14.6 Å². The fraction of sp³-hybridized carbons (Fsp3) is 0.632. The zero-order valence-electron chi connectivity index (χ0n) is 15.8. The fourth-order valence-corrected chi connectivity index (χ4v) is 2.67. The summed E-state index contributed by atoms with van der Waals surface area (Å²) in [6, 6.07) is 0. The number of anilines is 1. The van der Waals surface area contributed by atoms with Crippen LogP contribution >= 0.6 is 11.3 Å². The van der Waals surface area contributed by atoms with Crippen molar-refractivity contribution in [1.82, 2.24) is 4.98 Å². The van der Waals surface area contributed by atoms with E-state index in [0.29, 0.717) is 18.3 Å². The largest absolute Gasteiger partial charge is 0.462 e. The molecule has 1 aromatic heterocycles. The molecule has 1 N–H and O–H groups in total. The highest BCUT2D eigenvalue weighted by Crippen LogP contribution is 2.12. The third-order valence-electron chi connectivity index (χ3n) is 3.67. The van der Waals surface area contributed by atoms with Crippen LogP contribution in [0.15, 0.2) is 23.3 Å². The first-order valence-electron chi connectivity index (χ1n) is 9.39. The lowest BCUT2D eigenvalue weighted by molar-refractivity contribution is -0.147. The smallest absolute Gasteiger partial charge is 0.347 e. The maximum Gasteiger partial charge on any atom is 0.347 e. The maximum absolute atomic E-state index is 12.3. The number of aromatic nitrogens is 1. The average molecular weight is 383 g/mol. The van der Waals surface area contributed by atoms with E-state index < -0.39 is 11.9 Å². The van der Waals surface area contributed by atoms with Crippen LogP contribution in [0.5, 0.6) is 0 Å². The third kappa shape index (κ3) is 9.56. The number of carbonyl (C=O) groups is 2. The van der Waals surface area contributed by atoms with Crippen molar-refractivity contribution >= 4 is 28.4 Å². The first kappa shape index (κ1) is 22.2. The molecule has 0 saturated carbocycles. The number of nitrogens with one attached hydrogen (secondary N) is 1. The zero-order chi connectivity index (χ0) is 19.0. The summed E-state index contributed by atoms with van der Waals surface area (Å²) in [5.74, 6) is -1.33. The Morgan fingerprint density at radius 3 is 2.04 bits per heavy atom. The molecular weight excluding hydrogens is 352 g/mol. The molecule has 0 unspecified atom stereocenters. The molecule has 0 fully saturated rings. The van der Waals surface area contributed by atoms with Crippen molar-refractivity contribution in [3.63, 3.8) is 0 Å². The number of unbranched alkanes of at least 4 members (excludes halogenated alkanes) is 6. The number of rotatable bonds is 14. The van der Waals surface area contributed by atoms with Crippen LogP contribution in [0, 0.1) is 0 Å². The lowest BCUT2D eigenvalue weighted by Gasteiger charge is -2.09. The zero-order valence-corrected chi connectivity index (χ0v) is 16.6. The summed E-state index contributed by atoms with van der Waals surface area (Å²) in [6.45, 7) is 4.84. The summed E-state index contributed by atoms with van der Waals surface area (Å²) in [6.07, 6.45) is 11.0. The van der Waals surface area contributed by atoms with Crippen LogP contribution in [0.2, 0.25) is 0 Å². The second-order valence-corrected chi connectivity index (χ2v) is 6.83. The standard InChI is InChI=1S/C19H30N2O4S/c1-3-5-7-9-12-24-17(22)16(15-21-19-20-11-14-26-19)18(23)25-13-10-8-6-4-2/h11,14-15H,3-10,12-13H2,1-2H3,(H,20,21). The summed E-state index contributed by atoms with van der Waals surface area (Å²) in [7, 11) is 0. The van der Waals surface area contributed by atoms with Crippen molar-refractivity contribution < 1.29 is 19.1 Å². The van der Waals surface area contributed by atoms with Gasteiger partial charge in [-0.05, 0) is 12.8 Å². The average Bonchev–Trinajstić information content (AvgIpc) is 3.15. The molecule has 6 nitrogen and oxygen atoms in total. The Labute approximate surface area is 160 Å². The van der Waals surface area contributed by atoms with Gasteiger partial charge in [0.2, 0.25) is 0 Å². The Kier molecular flexibility index (Phi) is 12.2. The van der Waals surface area contributed by atoms with Gasteiger partial charge in [0, 0.05) is 17.8 Å². The predicted molar refractivity (Wildman–Crippen MR) is 104 cm³/mol. The number of hydrogen-bond acceptors (Lipinski definition) is 7. The van der Waals surface area contributed by atoms with Gasteiger partial charge in [-0.1, -0.05) is 52.4 Å². The van der Waals surface area contributed by atoms with E-state index in [0.717, 1.165) is 51.4 Å². The van der Waals surface area contributed by atoms with Crippen LogP contribution in [-0.4, -0.2) is 30.1 Å². The molecule has 0 aromatic carbocycles. The third-order valence-corrected chi connectivity index (χ3v) is 4.38. The van der Waals surface area contributed by atoms with E-state index in [2.05, 4.69) is 24.1 Å². The molecule has 1 aromatic rings. The van der Waals surface area contributed by atoms with Crippen LogP contribution in [-0.2, 0) is 19.1 Å². The van der Waals surface area contributed by atoms with E-state index in [1.54, 1.807) is 11.6 Å². The van der Waals surface area contributed by atoms with Crippen LogP contribution in [0.1, 0.15) is 65.2 Å². The molecule has 146 valence electrons. The van der Waals surface area contributed by atoms with Gasteiger partial charge < -0.3 is 14.8 Å². The van der Waals surface area contributed by atoms with Crippen LogP contribution < -0.4 is 5.32 Å². The molecule has 26 heavy (non-hydrogen) atoms. The molecule has 0 aliphatic rings. The van der Waals surface area contributed by atoms with E-state index in [1.807, 2.05) is 0 Å². The van der Waals surface area contributed by atoms with Gasteiger partial charge in [0.05, 0.1) is 13.2 Å². The predicted octanol–water partition coefficient (Wildman–Crippen LogP) is 4.69. The van der Waals surface area contributed by atoms with E-state index in [-0.39, 0.29) is 5.57 Å². The van der Waals surface area contributed by atoms with Gasteiger partial charge in [0.1, 0.15) is 0 Å². The van der Waals surface area contributed by atoms with E-state index >= 15 is 0 Å². The van der Waals surface area contributed by atoms with Gasteiger partial charge in [0.15, 0.2) is 10.7 Å². The van der Waals surface area contributed by atoms with Crippen molar-refractivity contribution in [3.8, 4) is 0 Å². The molecule has 0 bridgehead atoms. The number of nitrogens with zero attached hydrogens (tertiary/aromatic N) is 1. The normalized spacial score (nSPS) is 10.2. The van der Waals surface area contributed by atoms with Gasteiger partial charge >= 0.3 is 11.9 Å². The number of carbonyl (C=O) groups excluding carboxylic acids is 2. The minimum absolute atomic E-state index is 0.133. The van der Waals surface area contributed by atoms with Crippen molar-refractivity contribution in [2.75, 3.05) is 18.5 Å². The summed E-state index contributed by atoms with van der Waals surface area (Å²) in [5.41, 5.74) is -0.133. The summed E-state index contributed by atoms with van der Waals surface area (Å²) in [5, 5.41) is 5.24. The second kappa shape index (κ2) is 14.3. The van der Waals surface area contributed by atoms with Crippen LogP contribution in [0.4, 0.5) is 5.13 Å². The van der Waals surface area contributed by atoms with Crippen molar-refractivity contribution in [1.29, 1.82) is 0 Å². The quantitative estimate of drug-likeness (QED) is 0.165. The van der Waals surface area contributed by atoms with Gasteiger partial charge in [-0.2, -0.15) is 0 Å². The highest BCUT2D eigenvalue weighted by Gasteiger charge is 2.21. The summed E-state index contributed by atoms with van der Waals surface area (Å²) >= 11 is 1.37. The number of ether oxygens (including phenoxy) is 2. The molecule has 0 saturated heterocycles. The van der Waals surface area contributed by atoms with Gasteiger partial charge in [-0.15, -0.1) is 11.3 Å². The molecule has 0 atom stereocenters. The minimum Gasteiger partial charge on any atom is -0.462 e. The SMILES string of the molecule is CCCCCCOC(=O)C(=CNc1nccs1)C(=O)OCCCCCC. The molecular formula is C19H30N2O4S.